The van der Waals surface area contributed by atoms with E-state index in [2.05, 4.69) is 29.1 Å². The van der Waals surface area contributed by atoms with E-state index in [1.807, 2.05) is 0 Å². The van der Waals surface area contributed by atoms with E-state index in [4.69, 9.17) is 0 Å². The summed E-state index contributed by atoms with van der Waals surface area (Å²) in [5.74, 6) is 0.626. The Balaban J connectivity index is 2.40. The maximum Gasteiger partial charge on any atom is 0.106 e. The number of hydrogen-bond donors (Lipinski definition) is 2. The zero-order chi connectivity index (χ0) is 12.0. The Morgan fingerprint density at radius 2 is 2.19 bits per heavy atom. The molecule has 0 aliphatic carbocycles. The van der Waals surface area contributed by atoms with Crippen molar-refractivity contribution >= 4 is 0 Å². The summed E-state index contributed by atoms with van der Waals surface area (Å²) in [4.78, 5) is 8.09. The van der Waals surface area contributed by atoms with Crippen LogP contribution in [0.2, 0.25) is 0 Å². The Kier molecular flexibility index (Phi) is 4.83. The highest BCUT2D eigenvalue weighted by molar-refractivity contribution is 5.05. The molecule has 0 amide bonds. The van der Waals surface area contributed by atoms with Crippen molar-refractivity contribution in [2.45, 2.75) is 32.8 Å². The van der Waals surface area contributed by atoms with Crippen molar-refractivity contribution < 1.29 is 5.11 Å². The Morgan fingerprint density at radius 1 is 1.44 bits per heavy atom. The van der Waals surface area contributed by atoms with E-state index < -0.39 is 5.60 Å². The Hall–Kier alpha value is -1.00. The summed E-state index contributed by atoms with van der Waals surface area (Å²) >= 11 is 0. The number of nitrogens with one attached hydrogen (secondary N) is 1. The minimum Gasteiger partial charge on any atom is -0.384 e. The number of rotatable bonds is 6. The van der Waals surface area contributed by atoms with Crippen LogP contribution in [0, 0.1) is 5.92 Å². The second-order valence-corrected chi connectivity index (χ2v) is 4.71. The summed E-state index contributed by atoms with van der Waals surface area (Å²) < 4.78 is 0. The molecule has 1 atom stereocenters. The average Bonchev–Trinajstić information content (AvgIpc) is 2.26. The minimum absolute atomic E-state index is 0.626. The van der Waals surface area contributed by atoms with Gasteiger partial charge in [0.1, 0.15) is 5.60 Å². The van der Waals surface area contributed by atoms with Crippen molar-refractivity contribution in [3.8, 4) is 0 Å². The summed E-state index contributed by atoms with van der Waals surface area (Å²) in [6.45, 7) is 7.84. The van der Waals surface area contributed by atoms with Gasteiger partial charge in [0.05, 0.1) is 11.9 Å². The lowest BCUT2D eigenvalue weighted by Gasteiger charge is -2.22. The third-order valence-electron chi connectivity index (χ3n) is 2.46. The lowest BCUT2D eigenvalue weighted by molar-refractivity contribution is 0.0430. The molecule has 0 spiro atoms. The van der Waals surface area contributed by atoms with Crippen LogP contribution in [0.3, 0.4) is 0 Å². The standard InChI is InChI=1S/C12H21N3O/c1-10(2)8-13-5-4-12(3,16)11-9-14-6-7-15-11/h6-7,9-10,13,16H,4-5,8H2,1-3H3. The molecule has 0 aromatic carbocycles. The molecule has 0 aliphatic heterocycles. The zero-order valence-corrected chi connectivity index (χ0v) is 10.3. The fraction of sp³-hybridized carbons (Fsp3) is 0.667. The van der Waals surface area contributed by atoms with Gasteiger partial charge in [0, 0.05) is 12.4 Å². The van der Waals surface area contributed by atoms with Crippen LogP contribution in [0.25, 0.3) is 0 Å². The molecule has 0 aliphatic rings. The van der Waals surface area contributed by atoms with Gasteiger partial charge in [-0.15, -0.1) is 0 Å². The van der Waals surface area contributed by atoms with Gasteiger partial charge in [-0.2, -0.15) is 0 Å². The van der Waals surface area contributed by atoms with Crippen molar-refractivity contribution in [2.75, 3.05) is 13.1 Å². The quantitative estimate of drug-likeness (QED) is 0.714. The molecule has 1 heterocycles. The number of aromatic nitrogens is 2. The normalized spacial score (nSPS) is 15.1. The van der Waals surface area contributed by atoms with Gasteiger partial charge in [-0.3, -0.25) is 9.97 Å². The fourth-order valence-electron chi connectivity index (χ4n) is 1.43. The van der Waals surface area contributed by atoms with Gasteiger partial charge in [-0.05, 0) is 32.4 Å². The smallest absolute Gasteiger partial charge is 0.106 e. The summed E-state index contributed by atoms with van der Waals surface area (Å²) in [6.07, 6.45) is 5.46. The molecule has 0 bridgehead atoms. The molecule has 1 aromatic heterocycles. The highest BCUT2D eigenvalue weighted by Gasteiger charge is 2.24. The van der Waals surface area contributed by atoms with E-state index in [1.165, 1.54) is 0 Å². The SMILES string of the molecule is CC(C)CNCCC(C)(O)c1cnccn1. The van der Waals surface area contributed by atoms with Crippen LogP contribution in [0.5, 0.6) is 0 Å². The molecule has 90 valence electrons. The second-order valence-electron chi connectivity index (χ2n) is 4.71. The first kappa shape index (κ1) is 13.1. The van der Waals surface area contributed by atoms with Gasteiger partial charge in [0.15, 0.2) is 0 Å². The molecule has 4 heteroatoms. The predicted molar refractivity (Wildman–Crippen MR) is 63.9 cm³/mol. The largest absolute Gasteiger partial charge is 0.384 e. The number of aliphatic hydroxyl groups is 1. The van der Waals surface area contributed by atoms with Crippen molar-refractivity contribution in [3.05, 3.63) is 24.3 Å². The zero-order valence-electron chi connectivity index (χ0n) is 10.3. The van der Waals surface area contributed by atoms with Crippen LogP contribution >= 0.6 is 0 Å². The molecule has 1 rings (SSSR count). The first-order valence-electron chi connectivity index (χ1n) is 5.72. The topological polar surface area (TPSA) is 58.0 Å². The Morgan fingerprint density at radius 3 is 2.75 bits per heavy atom. The van der Waals surface area contributed by atoms with Gasteiger partial charge >= 0.3 is 0 Å². The van der Waals surface area contributed by atoms with Crippen molar-refractivity contribution in [3.63, 3.8) is 0 Å². The van der Waals surface area contributed by atoms with Crippen LogP contribution in [-0.2, 0) is 5.60 Å². The lowest BCUT2D eigenvalue weighted by Crippen LogP contribution is -2.30. The fourth-order valence-corrected chi connectivity index (χ4v) is 1.43. The highest BCUT2D eigenvalue weighted by Crippen LogP contribution is 2.20. The molecule has 4 nitrogen and oxygen atoms in total. The van der Waals surface area contributed by atoms with E-state index in [1.54, 1.807) is 25.5 Å². The molecule has 2 N–H and O–H groups in total. The monoisotopic (exact) mass is 223 g/mol. The van der Waals surface area contributed by atoms with E-state index in [9.17, 15) is 5.11 Å². The van der Waals surface area contributed by atoms with Crippen LogP contribution in [0.15, 0.2) is 18.6 Å². The summed E-state index contributed by atoms with van der Waals surface area (Å²) in [5.41, 5.74) is -0.278. The summed E-state index contributed by atoms with van der Waals surface area (Å²) in [7, 11) is 0. The average molecular weight is 223 g/mol. The van der Waals surface area contributed by atoms with Gasteiger partial charge in [-0.1, -0.05) is 13.8 Å². The molecule has 1 unspecified atom stereocenters. The van der Waals surface area contributed by atoms with E-state index in [0.29, 0.717) is 18.0 Å². The predicted octanol–water partition coefficient (Wildman–Crippen LogP) is 1.32. The van der Waals surface area contributed by atoms with Gasteiger partial charge in [0.25, 0.3) is 0 Å². The summed E-state index contributed by atoms with van der Waals surface area (Å²) in [5, 5.41) is 13.5. The van der Waals surface area contributed by atoms with Crippen molar-refractivity contribution in [1.82, 2.24) is 15.3 Å². The van der Waals surface area contributed by atoms with Gasteiger partial charge in [-0.25, -0.2) is 0 Å². The van der Waals surface area contributed by atoms with Crippen LogP contribution in [-0.4, -0.2) is 28.2 Å². The molecular formula is C12H21N3O. The van der Waals surface area contributed by atoms with E-state index in [-0.39, 0.29) is 0 Å². The molecule has 0 radical (unpaired) electrons. The maximum atomic E-state index is 10.2. The molecule has 1 aromatic rings. The number of hydrogen-bond acceptors (Lipinski definition) is 4. The second kappa shape index (κ2) is 5.92. The third-order valence-corrected chi connectivity index (χ3v) is 2.46. The molecule has 0 saturated heterocycles. The third kappa shape index (κ3) is 4.24. The first-order valence-corrected chi connectivity index (χ1v) is 5.72. The van der Waals surface area contributed by atoms with Crippen LogP contribution in [0.1, 0.15) is 32.9 Å². The van der Waals surface area contributed by atoms with E-state index in [0.717, 1.165) is 13.1 Å². The Labute approximate surface area is 97.1 Å². The van der Waals surface area contributed by atoms with Gasteiger partial charge in [0.2, 0.25) is 0 Å². The maximum absolute atomic E-state index is 10.2. The molecule has 16 heavy (non-hydrogen) atoms. The van der Waals surface area contributed by atoms with Crippen LogP contribution < -0.4 is 5.32 Å². The molecular weight excluding hydrogens is 202 g/mol. The van der Waals surface area contributed by atoms with Crippen molar-refractivity contribution in [1.29, 1.82) is 0 Å². The van der Waals surface area contributed by atoms with Gasteiger partial charge < -0.3 is 10.4 Å². The highest BCUT2D eigenvalue weighted by atomic mass is 16.3. The summed E-state index contributed by atoms with van der Waals surface area (Å²) in [6, 6.07) is 0. The molecule has 0 saturated carbocycles. The minimum atomic E-state index is -0.905. The first-order chi connectivity index (χ1) is 7.52. The van der Waals surface area contributed by atoms with Crippen molar-refractivity contribution in [2.24, 2.45) is 5.92 Å². The number of nitrogens with zero attached hydrogens (tertiary/aromatic N) is 2. The van der Waals surface area contributed by atoms with E-state index >= 15 is 0 Å². The Bertz CT molecular complexity index is 298. The lowest BCUT2D eigenvalue weighted by atomic mass is 9.98. The molecule has 0 fully saturated rings. The van der Waals surface area contributed by atoms with Crippen LogP contribution in [0.4, 0.5) is 0 Å².